The third kappa shape index (κ3) is 11.2. The van der Waals surface area contributed by atoms with Crippen molar-refractivity contribution in [1.82, 2.24) is 0 Å². The zero-order chi connectivity index (χ0) is 11.8. The van der Waals surface area contributed by atoms with Crippen molar-refractivity contribution in [2.75, 3.05) is 6.61 Å². The van der Waals surface area contributed by atoms with Crippen LogP contribution in [0.2, 0.25) is 0 Å². The van der Waals surface area contributed by atoms with Gasteiger partial charge in [-0.05, 0) is 19.3 Å². The van der Waals surface area contributed by atoms with E-state index in [2.05, 4.69) is 34.3 Å². The molecule has 0 aromatic rings. The number of hydrogen-bond donors (Lipinski definition) is 1. The molecule has 1 atom stereocenters. The Hall–Kier alpha value is -0.830. The summed E-state index contributed by atoms with van der Waals surface area (Å²) in [5.74, 6) is -0.981. The fourth-order valence-corrected chi connectivity index (χ4v) is 0.500. The molecule has 0 bridgehead atoms. The summed E-state index contributed by atoms with van der Waals surface area (Å²) in [6.45, 7) is 14.5. The van der Waals surface area contributed by atoms with E-state index >= 15 is 0 Å². The van der Waals surface area contributed by atoms with Gasteiger partial charge in [-0.15, -0.1) is 0 Å². The summed E-state index contributed by atoms with van der Waals surface area (Å²) >= 11 is 0. The van der Waals surface area contributed by atoms with Gasteiger partial charge in [0.1, 0.15) is 0 Å². The fourth-order valence-electron chi connectivity index (χ4n) is 0.500. The van der Waals surface area contributed by atoms with E-state index < -0.39 is 5.97 Å². The van der Waals surface area contributed by atoms with Crippen LogP contribution in [0, 0.1) is 5.41 Å². The summed E-state index contributed by atoms with van der Waals surface area (Å²) in [4.78, 5) is 9.25. The van der Waals surface area contributed by atoms with E-state index in [4.69, 9.17) is 9.84 Å². The number of carbonyl (C=O) groups is 1. The van der Waals surface area contributed by atoms with E-state index in [0.29, 0.717) is 6.10 Å². The van der Waals surface area contributed by atoms with Gasteiger partial charge in [0.05, 0.1) is 6.10 Å². The number of hydrogen-bond acceptors (Lipinski definition) is 2. The molecule has 1 N–H and O–H groups in total. The van der Waals surface area contributed by atoms with Crippen LogP contribution in [0.3, 0.4) is 0 Å². The Bertz CT molecular complexity index is 168. The predicted octanol–water partition coefficient (Wildman–Crippen LogP) is 2.71. The molecule has 0 aromatic carbocycles. The molecule has 0 saturated carbocycles. The van der Waals surface area contributed by atoms with Gasteiger partial charge in [0.15, 0.2) is 0 Å². The average Bonchev–Trinajstić information content (AvgIpc) is 2.04. The highest BCUT2D eigenvalue weighted by molar-refractivity contribution is 5.78. The number of carboxylic acids is 1. The standard InChI is InChI=1S/C8H18O.C3H4O2/c1-6-9-7(2)8(3,4)5;1-2-3(4)5/h7H,6H2,1-5H3;2H,1H2,(H,4,5). The normalized spacial score (nSPS) is 12.4. The van der Waals surface area contributed by atoms with Gasteiger partial charge in [0, 0.05) is 12.7 Å². The van der Waals surface area contributed by atoms with E-state index in [1.807, 2.05) is 6.92 Å². The second-order valence-electron chi connectivity index (χ2n) is 4.01. The highest BCUT2D eigenvalue weighted by Gasteiger charge is 2.19. The van der Waals surface area contributed by atoms with Crippen molar-refractivity contribution in [3.05, 3.63) is 12.7 Å². The summed E-state index contributed by atoms with van der Waals surface area (Å²) in [6.07, 6.45) is 1.20. The molecule has 0 saturated heterocycles. The predicted molar refractivity (Wildman–Crippen MR) is 58.4 cm³/mol. The van der Waals surface area contributed by atoms with Crippen molar-refractivity contribution in [2.24, 2.45) is 5.41 Å². The molecule has 3 nitrogen and oxygen atoms in total. The van der Waals surface area contributed by atoms with Crippen LogP contribution < -0.4 is 0 Å². The van der Waals surface area contributed by atoms with Gasteiger partial charge in [-0.2, -0.15) is 0 Å². The van der Waals surface area contributed by atoms with Gasteiger partial charge in [-0.1, -0.05) is 27.4 Å². The van der Waals surface area contributed by atoms with Crippen LogP contribution >= 0.6 is 0 Å². The first-order valence-electron chi connectivity index (χ1n) is 4.72. The molecule has 84 valence electrons. The first-order chi connectivity index (χ1) is 6.25. The molecule has 14 heavy (non-hydrogen) atoms. The van der Waals surface area contributed by atoms with Crippen molar-refractivity contribution in [2.45, 2.75) is 40.7 Å². The number of ether oxygens (including phenoxy) is 1. The van der Waals surface area contributed by atoms with Crippen molar-refractivity contribution in [3.8, 4) is 0 Å². The van der Waals surface area contributed by atoms with Gasteiger partial charge in [-0.3, -0.25) is 0 Å². The molecule has 1 unspecified atom stereocenters. The lowest BCUT2D eigenvalue weighted by Crippen LogP contribution is -2.25. The van der Waals surface area contributed by atoms with Crippen LogP contribution in [0.4, 0.5) is 0 Å². The minimum Gasteiger partial charge on any atom is -0.478 e. The quantitative estimate of drug-likeness (QED) is 0.716. The maximum Gasteiger partial charge on any atom is 0.327 e. The molecule has 0 heterocycles. The lowest BCUT2D eigenvalue weighted by molar-refractivity contribution is -0.131. The molecule has 0 fully saturated rings. The maximum atomic E-state index is 9.25. The average molecular weight is 202 g/mol. The zero-order valence-corrected chi connectivity index (χ0v) is 9.83. The monoisotopic (exact) mass is 202 g/mol. The van der Waals surface area contributed by atoms with Crippen LogP contribution in [0.1, 0.15) is 34.6 Å². The minimum atomic E-state index is -0.981. The second kappa shape index (κ2) is 7.56. The van der Waals surface area contributed by atoms with E-state index in [1.165, 1.54) is 0 Å². The van der Waals surface area contributed by atoms with Crippen molar-refractivity contribution < 1.29 is 14.6 Å². The highest BCUT2D eigenvalue weighted by Crippen LogP contribution is 2.20. The topological polar surface area (TPSA) is 46.5 Å². The molecule has 0 aromatic heterocycles. The first-order valence-corrected chi connectivity index (χ1v) is 4.72. The summed E-state index contributed by atoms with van der Waals surface area (Å²) in [5.41, 5.74) is 0.288. The van der Waals surface area contributed by atoms with E-state index in [0.717, 1.165) is 12.7 Å². The zero-order valence-electron chi connectivity index (χ0n) is 9.83. The number of rotatable bonds is 3. The Morgan fingerprint density at radius 2 is 1.93 bits per heavy atom. The van der Waals surface area contributed by atoms with Gasteiger partial charge in [-0.25, -0.2) is 4.79 Å². The second-order valence-corrected chi connectivity index (χ2v) is 4.01. The van der Waals surface area contributed by atoms with Gasteiger partial charge in [0.25, 0.3) is 0 Å². The van der Waals surface area contributed by atoms with Gasteiger partial charge in [0.2, 0.25) is 0 Å². The first kappa shape index (κ1) is 15.6. The molecule has 0 rings (SSSR count). The Balaban J connectivity index is 0. The van der Waals surface area contributed by atoms with E-state index in [1.54, 1.807) is 0 Å². The van der Waals surface area contributed by atoms with Crippen molar-refractivity contribution in [1.29, 1.82) is 0 Å². The molecule has 0 aliphatic carbocycles. The Morgan fingerprint density at radius 1 is 1.57 bits per heavy atom. The summed E-state index contributed by atoms with van der Waals surface area (Å²) < 4.78 is 5.41. The number of carboxylic acid groups (broad SMARTS) is 1. The molecule has 0 amide bonds. The lowest BCUT2D eigenvalue weighted by Gasteiger charge is -2.26. The molecule has 0 aliphatic rings. The van der Waals surface area contributed by atoms with Crippen molar-refractivity contribution >= 4 is 5.97 Å². The van der Waals surface area contributed by atoms with Crippen LogP contribution in [0.25, 0.3) is 0 Å². The molecule has 3 heteroatoms. The van der Waals surface area contributed by atoms with E-state index in [-0.39, 0.29) is 5.41 Å². The minimum absolute atomic E-state index is 0.288. The molecular weight excluding hydrogens is 180 g/mol. The lowest BCUT2D eigenvalue weighted by atomic mass is 9.90. The molecule has 0 spiro atoms. The summed E-state index contributed by atoms with van der Waals surface area (Å²) in [7, 11) is 0. The number of aliphatic carboxylic acids is 1. The Kier molecular flexibility index (Phi) is 8.44. The van der Waals surface area contributed by atoms with Gasteiger partial charge < -0.3 is 9.84 Å². The van der Waals surface area contributed by atoms with Crippen LogP contribution in [-0.4, -0.2) is 23.8 Å². The van der Waals surface area contributed by atoms with Crippen molar-refractivity contribution in [3.63, 3.8) is 0 Å². The summed E-state index contributed by atoms with van der Waals surface area (Å²) in [6, 6.07) is 0. The molecular formula is C11H22O3. The molecule has 0 aliphatic heterocycles. The third-order valence-electron chi connectivity index (χ3n) is 1.81. The highest BCUT2D eigenvalue weighted by atomic mass is 16.5. The smallest absolute Gasteiger partial charge is 0.327 e. The third-order valence-corrected chi connectivity index (χ3v) is 1.81. The van der Waals surface area contributed by atoms with Crippen LogP contribution in [0.5, 0.6) is 0 Å². The van der Waals surface area contributed by atoms with Crippen LogP contribution in [0.15, 0.2) is 12.7 Å². The Morgan fingerprint density at radius 3 is 2.00 bits per heavy atom. The Labute approximate surface area is 86.8 Å². The SMILES string of the molecule is C=CC(=O)O.CCOC(C)C(C)(C)C. The maximum absolute atomic E-state index is 9.25. The largest absolute Gasteiger partial charge is 0.478 e. The van der Waals surface area contributed by atoms with Gasteiger partial charge >= 0.3 is 5.97 Å². The molecule has 0 radical (unpaired) electrons. The summed E-state index contributed by atoms with van der Waals surface area (Å²) in [5, 5.41) is 7.60. The van der Waals surface area contributed by atoms with E-state index in [9.17, 15) is 4.79 Å². The fraction of sp³-hybridized carbons (Fsp3) is 0.727. The van der Waals surface area contributed by atoms with Crippen LogP contribution in [-0.2, 0) is 9.53 Å².